The van der Waals surface area contributed by atoms with Crippen LogP contribution in [0, 0.1) is 0 Å². The zero-order valence-corrected chi connectivity index (χ0v) is 16.3. The number of amides is 2. The van der Waals surface area contributed by atoms with Gasteiger partial charge in [0.25, 0.3) is 5.91 Å². The maximum Gasteiger partial charge on any atom is 0.387 e. The van der Waals surface area contributed by atoms with Gasteiger partial charge in [-0.2, -0.15) is 8.78 Å². The van der Waals surface area contributed by atoms with Gasteiger partial charge < -0.3 is 14.7 Å². The molecule has 31 heavy (non-hydrogen) atoms. The van der Waals surface area contributed by atoms with Gasteiger partial charge in [-0.3, -0.25) is 9.59 Å². The zero-order valence-electron chi connectivity index (χ0n) is 15.5. The van der Waals surface area contributed by atoms with Gasteiger partial charge in [-0.25, -0.2) is 4.79 Å². The third kappa shape index (κ3) is 4.43. The van der Waals surface area contributed by atoms with E-state index in [4.69, 9.17) is 0 Å². The summed E-state index contributed by atoms with van der Waals surface area (Å²) in [5, 5.41) is 7.70. The number of para-hydroxylation sites is 1. The van der Waals surface area contributed by atoms with Gasteiger partial charge >= 0.3 is 18.5 Å². The minimum atomic E-state index is -3.36. The Morgan fingerprint density at radius 1 is 1.03 bits per heavy atom. The number of fused-ring (bicyclic) bond motifs is 1. The molecule has 0 aliphatic rings. The molecule has 0 aliphatic carbocycles. The van der Waals surface area contributed by atoms with Crippen LogP contribution in [0.5, 0.6) is 5.75 Å². The Morgan fingerprint density at radius 3 is 2.32 bits per heavy atom. The van der Waals surface area contributed by atoms with Gasteiger partial charge in [0.2, 0.25) is 0 Å². The molecule has 0 bridgehead atoms. The summed E-state index contributed by atoms with van der Waals surface area (Å²) in [6.07, 6.45) is 0. The van der Waals surface area contributed by atoms with Gasteiger partial charge in [0.15, 0.2) is 0 Å². The quantitative estimate of drug-likeness (QED) is 0.430. The van der Waals surface area contributed by atoms with E-state index in [1.54, 1.807) is 6.07 Å². The molecular weight excluding hydrogens is 444 g/mol. The topological polar surface area (TPSA) is 87.2 Å². The van der Waals surface area contributed by atoms with Crippen molar-refractivity contribution in [3.8, 4) is 5.75 Å². The second-order valence-electron chi connectivity index (χ2n) is 6.10. The van der Waals surface area contributed by atoms with Crippen LogP contribution in [-0.2, 0) is 0 Å². The fourth-order valence-electron chi connectivity index (χ4n) is 2.85. The van der Waals surface area contributed by atoms with Gasteiger partial charge in [0.1, 0.15) is 5.75 Å². The number of aromatic carboxylic acids is 1. The molecule has 1 heterocycles. The number of hydrogen-bond acceptors (Lipinski definition) is 5. The van der Waals surface area contributed by atoms with Crippen molar-refractivity contribution >= 4 is 44.9 Å². The molecule has 0 radical (unpaired) electrons. The molecule has 3 aromatic rings. The van der Waals surface area contributed by atoms with Crippen molar-refractivity contribution in [1.82, 2.24) is 5.34 Å². The van der Waals surface area contributed by atoms with Crippen molar-refractivity contribution in [2.24, 2.45) is 0 Å². The number of alkyl halides is 2. The second kappa shape index (κ2) is 8.60. The summed E-state index contributed by atoms with van der Waals surface area (Å²) in [5.74, 6) is -4.50. The van der Waals surface area contributed by atoms with Crippen molar-refractivity contribution in [2.75, 3.05) is 11.9 Å². The number of anilines is 1. The van der Waals surface area contributed by atoms with Gasteiger partial charge in [0, 0.05) is 17.1 Å². The molecule has 2 aromatic carbocycles. The Bertz CT molecular complexity index is 1180. The van der Waals surface area contributed by atoms with Gasteiger partial charge in [-0.05, 0) is 35.7 Å². The Balaban J connectivity index is 2.05. The highest BCUT2D eigenvalue weighted by Crippen LogP contribution is 2.35. The Kier molecular flexibility index (Phi) is 6.11. The molecule has 162 valence electrons. The van der Waals surface area contributed by atoms with Gasteiger partial charge in [-0.1, -0.05) is 21.1 Å². The number of ether oxygens (including phenoxy) is 1. The van der Waals surface area contributed by atoms with Gasteiger partial charge in [-0.15, -0.1) is 11.3 Å². The van der Waals surface area contributed by atoms with E-state index in [0.717, 1.165) is 28.4 Å². The molecule has 0 unspecified atom stereocenters. The molecule has 0 saturated heterocycles. The number of carboxylic acids is 1. The molecule has 7 nitrogen and oxygen atoms in total. The largest absolute Gasteiger partial charge is 0.478 e. The van der Waals surface area contributed by atoms with Gasteiger partial charge in [0.05, 0.1) is 21.7 Å². The predicted octanol–water partition coefficient (Wildman–Crippen LogP) is 4.69. The summed E-state index contributed by atoms with van der Waals surface area (Å²) < 4.78 is 55.1. The molecule has 0 spiro atoms. The number of benzene rings is 2. The van der Waals surface area contributed by atoms with Crippen molar-refractivity contribution in [3.63, 3.8) is 0 Å². The molecule has 1 aromatic heterocycles. The molecule has 0 aliphatic heterocycles. The Morgan fingerprint density at radius 2 is 1.71 bits per heavy atom. The van der Waals surface area contributed by atoms with Crippen LogP contribution in [0.4, 0.5) is 23.4 Å². The number of rotatable bonds is 6. The van der Waals surface area contributed by atoms with Crippen LogP contribution >= 0.6 is 11.3 Å². The third-order valence-corrected chi connectivity index (χ3v) is 5.32. The lowest BCUT2D eigenvalue weighted by Crippen LogP contribution is -2.27. The lowest BCUT2D eigenvalue weighted by atomic mass is 10.1. The van der Waals surface area contributed by atoms with Crippen LogP contribution in [0.2, 0.25) is 0 Å². The highest BCUT2D eigenvalue weighted by Gasteiger charge is 2.25. The first-order chi connectivity index (χ1) is 14.6. The summed E-state index contributed by atoms with van der Waals surface area (Å²) in [6, 6.07) is 8.95. The predicted molar refractivity (Wildman–Crippen MR) is 103 cm³/mol. The molecule has 2 amide bonds. The third-order valence-electron chi connectivity index (χ3n) is 4.23. The minimum Gasteiger partial charge on any atom is -0.478 e. The average Bonchev–Trinajstić information content (AvgIpc) is 3.13. The first kappa shape index (κ1) is 22.0. The van der Waals surface area contributed by atoms with Crippen LogP contribution in [0.25, 0.3) is 10.1 Å². The highest BCUT2D eigenvalue weighted by molar-refractivity contribution is 7.21. The lowest BCUT2D eigenvalue weighted by molar-refractivity contribution is -0.109. The maximum atomic E-state index is 12.9. The van der Waals surface area contributed by atoms with E-state index in [1.807, 2.05) is 0 Å². The van der Waals surface area contributed by atoms with Crippen molar-refractivity contribution in [3.05, 3.63) is 58.5 Å². The molecule has 12 heteroatoms. The van der Waals surface area contributed by atoms with E-state index in [9.17, 15) is 37.2 Å². The Labute approximate surface area is 175 Å². The summed E-state index contributed by atoms with van der Waals surface area (Å²) in [5.41, 5.74) is -0.814. The monoisotopic (exact) mass is 456 g/mol. The van der Waals surface area contributed by atoms with E-state index in [-0.39, 0.29) is 26.2 Å². The van der Waals surface area contributed by atoms with Crippen LogP contribution in [-0.4, -0.2) is 41.9 Å². The Hall–Kier alpha value is -3.67. The number of thiophene rings is 1. The van der Waals surface area contributed by atoms with Crippen molar-refractivity contribution in [1.29, 1.82) is 0 Å². The fraction of sp³-hybridized carbons (Fsp3) is 0.105. The first-order valence-corrected chi connectivity index (χ1v) is 9.20. The van der Waals surface area contributed by atoms with E-state index in [1.165, 1.54) is 31.3 Å². The number of nitrogens with zero attached hydrogens (tertiary/aromatic N) is 2. The molecular formula is C19H12F4N2O5S. The summed E-state index contributed by atoms with van der Waals surface area (Å²) in [7, 11) is 1.35. The van der Waals surface area contributed by atoms with Crippen LogP contribution in [0.3, 0.4) is 0 Å². The molecule has 0 fully saturated rings. The standard InChI is InChI=1S/C19H12F4N2O5S/c1-24(12-5-3-2-4-10(12)18(28)29)17(27)15-7-9-6-11(16(26)25(22)23)13(30-19(20)21)8-14(9)31-15/h2-8,19H,1H3,(H,28,29). The number of carboxylic acid groups (broad SMARTS) is 1. The maximum absolute atomic E-state index is 12.9. The lowest BCUT2D eigenvalue weighted by Gasteiger charge is -2.18. The number of carbonyl (C=O) groups excluding carboxylic acids is 2. The number of hydrogen-bond donors (Lipinski definition) is 1. The van der Waals surface area contributed by atoms with Crippen molar-refractivity contribution < 1.29 is 42.0 Å². The molecule has 0 saturated carbocycles. The van der Waals surface area contributed by atoms with Crippen LogP contribution < -0.4 is 9.64 Å². The first-order valence-electron chi connectivity index (χ1n) is 8.39. The minimum absolute atomic E-state index is 0.0580. The highest BCUT2D eigenvalue weighted by atomic mass is 32.1. The normalized spacial score (nSPS) is 10.9. The number of halogens is 4. The van der Waals surface area contributed by atoms with E-state index >= 15 is 0 Å². The van der Waals surface area contributed by atoms with Crippen molar-refractivity contribution in [2.45, 2.75) is 6.61 Å². The smallest absolute Gasteiger partial charge is 0.387 e. The fourth-order valence-corrected chi connectivity index (χ4v) is 3.90. The second-order valence-corrected chi connectivity index (χ2v) is 7.18. The molecule has 3 rings (SSSR count). The van der Waals surface area contributed by atoms with Crippen LogP contribution in [0.1, 0.15) is 30.4 Å². The van der Waals surface area contributed by atoms with Crippen LogP contribution in [0.15, 0.2) is 42.5 Å². The summed E-state index contributed by atoms with van der Waals surface area (Å²) in [4.78, 5) is 37.1. The summed E-state index contributed by atoms with van der Waals surface area (Å²) >= 11 is 0.837. The van der Waals surface area contributed by atoms with E-state index in [0.29, 0.717) is 0 Å². The average molecular weight is 456 g/mol. The summed E-state index contributed by atoms with van der Waals surface area (Å²) in [6.45, 7) is -3.36. The molecule has 1 N–H and O–H groups in total. The number of carbonyl (C=O) groups is 3. The molecule has 0 atom stereocenters. The van der Waals surface area contributed by atoms with E-state index < -0.39 is 41.1 Å². The zero-order chi connectivity index (χ0) is 22.9. The van der Waals surface area contributed by atoms with E-state index in [2.05, 4.69) is 4.74 Å². The SMILES string of the molecule is CN(C(=O)c1cc2cc(C(=O)N(F)F)c(OC(F)F)cc2s1)c1ccccc1C(=O)O.